The van der Waals surface area contributed by atoms with Gasteiger partial charge in [0.15, 0.2) is 0 Å². The molecule has 0 saturated carbocycles. The van der Waals surface area contributed by atoms with Gasteiger partial charge in [0.2, 0.25) is 0 Å². The third-order valence-electron chi connectivity index (χ3n) is 5.99. The highest BCUT2D eigenvalue weighted by atomic mass is 15.0. The van der Waals surface area contributed by atoms with Gasteiger partial charge < -0.3 is 9.55 Å². The number of aromatic amines is 1. The molecule has 1 N–H and O–H groups in total. The summed E-state index contributed by atoms with van der Waals surface area (Å²) < 4.78 is 2.34. The molecular weight excluding hydrogens is 436 g/mol. The van der Waals surface area contributed by atoms with E-state index in [-0.39, 0.29) is 0 Å². The van der Waals surface area contributed by atoms with E-state index < -0.39 is 0 Å². The van der Waals surface area contributed by atoms with Crippen LogP contribution in [0.4, 0.5) is 0 Å². The zero-order chi connectivity index (χ0) is 25.9. The molecule has 0 bridgehead atoms. The lowest BCUT2D eigenvalue weighted by Gasteiger charge is -2.19. The Morgan fingerprint density at radius 2 is 1.58 bits per heavy atom. The fourth-order valence-electron chi connectivity index (χ4n) is 4.35. The molecule has 0 unspecified atom stereocenters. The van der Waals surface area contributed by atoms with Gasteiger partial charge in [-0.15, -0.1) is 12.8 Å². The summed E-state index contributed by atoms with van der Waals surface area (Å²) in [6, 6.07) is 27.8. The van der Waals surface area contributed by atoms with Crippen LogP contribution in [0.3, 0.4) is 0 Å². The Hall–Kier alpha value is -4.48. The van der Waals surface area contributed by atoms with Crippen LogP contribution >= 0.6 is 0 Å². The van der Waals surface area contributed by atoms with E-state index in [0.29, 0.717) is 0 Å². The van der Waals surface area contributed by atoms with E-state index in [1.165, 1.54) is 11.1 Å². The molecule has 0 aliphatic heterocycles. The molecule has 0 spiro atoms. The van der Waals surface area contributed by atoms with Crippen molar-refractivity contribution in [2.45, 2.75) is 27.2 Å². The standard InChI is InChI=1S/C32H32N2.C2H2/c1-5-8-20-29-28(7-3)24(4)31(15-6-2)34(32-22-13-12-21-30(32)33-29)27-19-14-18-26(23-27)25-16-10-9-11-17-25;1-2/h6-23,33H,3,5H2,1-2,4H3;1-2H/b15-6-,20-8-,29-28?,31-24?;. The lowest BCUT2D eigenvalue weighted by Crippen LogP contribution is -2.06. The number of nitrogens with zero attached hydrogens (tertiary/aromatic N) is 1. The van der Waals surface area contributed by atoms with Crippen molar-refractivity contribution in [2.75, 3.05) is 0 Å². The van der Waals surface area contributed by atoms with Gasteiger partial charge in [-0.25, -0.2) is 0 Å². The zero-order valence-electron chi connectivity index (χ0n) is 21.4. The minimum Gasteiger partial charge on any atom is -0.353 e. The van der Waals surface area contributed by atoms with E-state index >= 15 is 0 Å². The highest BCUT2D eigenvalue weighted by Crippen LogP contribution is 2.29. The summed E-state index contributed by atoms with van der Waals surface area (Å²) in [5, 5.41) is 0. The number of hydrogen-bond acceptors (Lipinski definition) is 0. The Morgan fingerprint density at radius 3 is 2.28 bits per heavy atom. The summed E-state index contributed by atoms with van der Waals surface area (Å²) >= 11 is 0. The fraction of sp³-hybridized carbons (Fsp3) is 0.118. The van der Waals surface area contributed by atoms with Gasteiger partial charge in [-0.2, -0.15) is 0 Å². The maximum atomic E-state index is 4.16. The molecule has 1 heterocycles. The van der Waals surface area contributed by atoms with Crippen molar-refractivity contribution < 1.29 is 0 Å². The smallest absolute Gasteiger partial charge is 0.0696 e. The van der Waals surface area contributed by atoms with E-state index in [9.17, 15) is 0 Å². The first kappa shape index (κ1) is 26.1. The van der Waals surface area contributed by atoms with Crippen molar-refractivity contribution in [3.8, 4) is 29.7 Å². The molecule has 0 radical (unpaired) electrons. The Balaban J connectivity index is 0.00000176. The van der Waals surface area contributed by atoms with Crippen LogP contribution in [0.15, 0.2) is 97.6 Å². The third-order valence-corrected chi connectivity index (χ3v) is 5.99. The monoisotopic (exact) mass is 470 g/mol. The van der Waals surface area contributed by atoms with Crippen LogP contribution in [0.25, 0.3) is 46.1 Å². The molecule has 1 aromatic heterocycles. The van der Waals surface area contributed by atoms with E-state index in [1.54, 1.807) is 0 Å². The average molecular weight is 471 g/mol. The third kappa shape index (κ3) is 5.59. The summed E-state index contributed by atoms with van der Waals surface area (Å²) in [5.74, 6) is 0. The van der Waals surface area contributed by atoms with Crippen LogP contribution in [0, 0.1) is 19.8 Å². The van der Waals surface area contributed by atoms with E-state index in [2.05, 4.69) is 153 Å². The maximum Gasteiger partial charge on any atom is 0.0696 e. The molecule has 4 aromatic rings. The summed E-state index contributed by atoms with van der Waals surface area (Å²) in [6.07, 6.45) is 19.6. The molecular formula is C34H34N2. The van der Waals surface area contributed by atoms with Gasteiger partial charge in [-0.3, -0.25) is 0 Å². The normalized spacial score (nSPS) is 10.8. The van der Waals surface area contributed by atoms with Crippen LogP contribution in [0.2, 0.25) is 0 Å². The quantitative estimate of drug-likeness (QED) is 0.271. The Morgan fingerprint density at radius 1 is 0.889 bits per heavy atom. The first-order valence-corrected chi connectivity index (χ1v) is 12.2. The first-order chi connectivity index (χ1) is 17.7. The van der Waals surface area contributed by atoms with Crippen molar-refractivity contribution in [1.82, 2.24) is 9.55 Å². The summed E-state index contributed by atoms with van der Waals surface area (Å²) in [6.45, 7) is 10.6. The van der Waals surface area contributed by atoms with Gasteiger partial charge in [0.1, 0.15) is 0 Å². The molecule has 0 atom stereocenters. The van der Waals surface area contributed by atoms with Crippen molar-refractivity contribution >= 4 is 29.3 Å². The van der Waals surface area contributed by atoms with Crippen molar-refractivity contribution in [2.24, 2.45) is 0 Å². The van der Waals surface area contributed by atoms with Gasteiger partial charge in [0.05, 0.1) is 11.0 Å². The zero-order valence-corrected chi connectivity index (χ0v) is 21.4. The van der Waals surface area contributed by atoms with Gasteiger partial charge in [0.25, 0.3) is 0 Å². The Kier molecular flexibility index (Phi) is 9.32. The van der Waals surface area contributed by atoms with Crippen LogP contribution in [-0.2, 0) is 0 Å². The number of hydrogen-bond donors (Lipinski definition) is 1. The van der Waals surface area contributed by atoms with Crippen molar-refractivity contribution in [3.63, 3.8) is 0 Å². The first-order valence-electron chi connectivity index (χ1n) is 12.2. The van der Waals surface area contributed by atoms with Gasteiger partial charge in [0, 0.05) is 22.6 Å². The molecule has 0 aliphatic carbocycles. The maximum absolute atomic E-state index is 4.16. The Labute approximate surface area is 215 Å². The summed E-state index contributed by atoms with van der Waals surface area (Å²) in [5.41, 5.74) is 10.1. The van der Waals surface area contributed by atoms with Gasteiger partial charge in [-0.05, 0) is 73.4 Å². The highest BCUT2D eigenvalue weighted by Gasteiger charge is 2.12. The SMILES string of the molecule is C#C.C=Cc1c(/C=C\CC)[nH]c2ccccc2n(-c2cccc(-c3ccccc3)c2)c(/C=C\C)c1C. The summed E-state index contributed by atoms with van der Waals surface area (Å²) in [4.78, 5) is 3.70. The number of H-pyrrole nitrogens is 1. The second-order valence-corrected chi connectivity index (χ2v) is 8.25. The van der Waals surface area contributed by atoms with Gasteiger partial charge >= 0.3 is 0 Å². The molecule has 0 amide bonds. The number of fused-ring (bicyclic) bond motifs is 1. The molecule has 180 valence electrons. The minimum absolute atomic E-state index is 0.972. The van der Waals surface area contributed by atoms with Crippen LogP contribution in [-0.4, -0.2) is 9.55 Å². The number of aromatic nitrogens is 2. The summed E-state index contributed by atoms with van der Waals surface area (Å²) in [7, 11) is 0. The molecule has 0 saturated heterocycles. The average Bonchev–Trinajstić information content (AvgIpc) is 2.93. The fourth-order valence-corrected chi connectivity index (χ4v) is 4.35. The molecule has 36 heavy (non-hydrogen) atoms. The highest BCUT2D eigenvalue weighted by molar-refractivity contribution is 5.81. The lowest BCUT2D eigenvalue weighted by atomic mass is 10.0. The predicted molar refractivity (Wildman–Crippen MR) is 159 cm³/mol. The number of rotatable bonds is 6. The van der Waals surface area contributed by atoms with E-state index in [1.807, 2.05) is 6.08 Å². The number of terminal acetylenes is 1. The molecule has 3 aromatic carbocycles. The molecule has 4 rings (SSSR count). The van der Waals surface area contributed by atoms with Crippen molar-refractivity contribution in [1.29, 1.82) is 0 Å². The molecule has 0 aliphatic rings. The molecule has 2 heteroatoms. The number of allylic oxidation sites excluding steroid dienone is 2. The van der Waals surface area contributed by atoms with Crippen LogP contribution in [0.5, 0.6) is 0 Å². The second-order valence-electron chi connectivity index (χ2n) is 8.25. The van der Waals surface area contributed by atoms with E-state index in [0.717, 1.165) is 45.7 Å². The number of benzene rings is 3. The minimum atomic E-state index is 0.972. The predicted octanol–water partition coefficient (Wildman–Crippen LogP) is 9.41. The Bertz CT molecular complexity index is 1460. The van der Waals surface area contributed by atoms with Gasteiger partial charge in [-0.1, -0.05) is 86.3 Å². The number of para-hydroxylation sites is 2. The van der Waals surface area contributed by atoms with E-state index in [4.69, 9.17) is 0 Å². The molecule has 0 fully saturated rings. The molecule has 2 nitrogen and oxygen atoms in total. The lowest BCUT2D eigenvalue weighted by molar-refractivity contribution is 1.06. The topological polar surface area (TPSA) is 20.7 Å². The second kappa shape index (κ2) is 12.8. The van der Waals surface area contributed by atoms with Crippen LogP contribution in [0.1, 0.15) is 42.8 Å². The largest absolute Gasteiger partial charge is 0.353 e. The van der Waals surface area contributed by atoms with Crippen LogP contribution < -0.4 is 0 Å². The number of nitrogens with one attached hydrogen (secondary N) is 1. The van der Waals surface area contributed by atoms with Crippen molar-refractivity contribution in [3.05, 3.63) is 120 Å².